The van der Waals surface area contributed by atoms with E-state index in [-0.39, 0.29) is 11.5 Å². The van der Waals surface area contributed by atoms with Gasteiger partial charge in [0.25, 0.3) is 5.91 Å². The van der Waals surface area contributed by atoms with Gasteiger partial charge in [-0.15, -0.1) is 0 Å². The molecule has 0 atom stereocenters. The number of rotatable bonds is 4. The molecular formula is C16H17FN2O. The van der Waals surface area contributed by atoms with E-state index in [9.17, 15) is 9.18 Å². The maximum atomic E-state index is 13.8. The molecule has 0 saturated carbocycles. The van der Waals surface area contributed by atoms with E-state index in [0.717, 1.165) is 6.42 Å². The predicted molar refractivity (Wildman–Crippen MR) is 79.2 cm³/mol. The third-order valence-electron chi connectivity index (χ3n) is 2.98. The summed E-state index contributed by atoms with van der Waals surface area (Å²) >= 11 is 0. The summed E-state index contributed by atoms with van der Waals surface area (Å²) in [4.78, 5) is 14.1. The number of nitrogens with two attached hydrogens (primary N) is 1. The minimum absolute atomic E-state index is 0.0726. The van der Waals surface area contributed by atoms with Gasteiger partial charge >= 0.3 is 0 Å². The number of hydrogen-bond donors (Lipinski definition) is 1. The Bertz CT molecular complexity index is 613. The molecule has 0 fully saturated rings. The van der Waals surface area contributed by atoms with Crippen molar-refractivity contribution >= 4 is 17.3 Å². The van der Waals surface area contributed by atoms with Crippen LogP contribution < -0.4 is 10.6 Å². The van der Waals surface area contributed by atoms with E-state index in [4.69, 9.17) is 5.73 Å². The molecule has 0 heterocycles. The van der Waals surface area contributed by atoms with E-state index in [1.54, 1.807) is 41.3 Å². The van der Waals surface area contributed by atoms with Crippen molar-refractivity contribution < 1.29 is 9.18 Å². The monoisotopic (exact) mass is 272 g/mol. The van der Waals surface area contributed by atoms with Crippen LogP contribution in [0.15, 0.2) is 48.5 Å². The zero-order chi connectivity index (χ0) is 14.5. The number of hydrogen-bond acceptors (Lipinski definition) is 2. The average molecular weight is 272 g/mol. The molecule has 2 aromatic carbocycles. The summed E-state index contributed by atoms with van der Waals surface area (Å²) in [5, 5.41) is 0. The van der Waals surface area contributed by atoms with Gasteiger partial charge in [0.1, 0.15) is 5.82 Å². The molecule has 0 saturated heterocycles. The molecule has 20 heavy (non-hydrogen) atoms. The molecular weight excluding hydrogens is 255 g/mol. The average Bonchev–Trinajstić information content (AvgIpc) is 2.44. The number of nitrogens with zero attached hydrogens (tertiary/aromatic N) is 1. The van der Waals surface area contributed by atoms with Gasteiger partial charge in [0, 0.05) is 17.9 Å². The fourth-order valence-corrected chi connectivity index (χ4v) is 2.04. The Morgan fingerprint density at radius 2 is 1.95 bits per heavy atom. The van der Waals surface area contributed by atoms with Gasteiger partial charge in [0.2, 0.25) is 0 Å². The minimum Gasteiger partial charge on any atom is -0.399 e. The van der Waals surface area contributed by atoms with E-state index < -0.39 is 5.82 Å². The first kappa shape index (κ1) is 14.1. The summed E-state index contributed by atoms with van der Waals surface area (Å²) < 4.78 is 13.8. The van der Waals surface area contributed by atoms with Crippen LogP contribution in [0.5, 0.6) is 0 Å². The molecule has 0 aliphatic rings. The predicted octanol–water partition coefficient (Wildman–Crippen LogP) is 3.46. The summed E-state index contributed by atoms with van der Waals surface area (Å²) in [7, 11) is 0. The molecule has 0 spiro atoms. The Morgan fingerprint density at radius 1 is 1.20 bits per heavy atom. The molecule has 0 aliphatic heterocycles. The highest BCUT2D eigenvalue weighted by Crippen LogP contribution is 2.21. The molecule has 3 nitrogen and oxygen atoms in total. The lowest BCUT2D eigenvalue weighted by atomic mass is 10.1. The summed E-state index contributed by atoms with van der Waals surface area (Å²) in [6.45, 7) is 2.48. The number of amides is 1. The van der Waals surface area contributed by atoms with Gasteiger partial charge in [-0.25, -0.2) is 4.39 Å². The minimum atomic E-state index is -0.512. The highest BCUT2D eigenvalue weighted by atomic mass is 19.1. The van der Waals surface area contributed by atoms with Gasteiger partial charge in [-0.1, -0.05) is 25.1 Å². The van der Waals surface area contributed by atoms with Crippen LogP contribution in [-0.2, 0) is 0 Å². The van der Waals surface area contributed by atoms with Crippen molar-refractivity contribution in [3.63, 3.8) is 0 Å². The molecule has 1 amide bonds. The smallest absolute Gasteiger partial charge is 0.261 e. The lowest BCUT2D eigenvalue weighted by Gasteiger charge is -2.23. The number of benzene rings is 2. The molecule has 104 valence electrons. The molecule has 2 rings (SSSR count). The van der Waals surface area contributed by atoms with E-state index in [0.29, 0.717) is 17.9 Å². The Hall–Kier alpha value is -2.36. The van der Waals surface area contributed by atoms with Crippen LogP contribution in [0.4, 0.5) is 15.8 Å². The van der Waals surface area contributed by atoms with E-state index in [1.165, 1.54) is 12.1 Å². The summed E-state index contributed by atoms with van der Waals surface area (Å²) in [6.07, 6.45) is 0.773. The molecule has 2 N–H and O–H groups in total. The van der Waals surface area contributed by atoms with Crippen molar-refractivity contribution in [1.29, 1.82) is 0 Å². The first-order chi connectivity index (χ1) is 9.63. The molecule has 4 heteroatoms. The number of anilines is 2. The van der Waals surface area contributed by atoms with Crippen molar-refractivity contribution in [2.75, 3.05) is 17.2 Å². The fourth-order valence-electron chi connectivity index (χ4n) is 2.04. The van der Waals surface area contributed by atoms with Crippen molar-refractivity contribution in [3.8, 4) is 0 Å². The number of nitrogen functional groups attached to an aromatic ring is 1. The molecule has 0 unspecified atom stereocenters. The quantitative estimate of drug-likeness (QED) is 0.866. The van der Waals surface area contributed by atoms with Crippen LogP contribution in [0.2, 0.25) is 0 Å². The fraction of sp³-hybridized carbons (Fsp3) is 0.188. The van der Waals surface area contributed by atoms with E-state index in [1.807, 2.05) is 6.92 Å². The lowest BCUT2D eigenvalue weighted by Crippen LogP contribution is -2.32. The van der Waals surface area contributed by atoms with Gasteiger partial charge in [0.15, 0.2) is 0 Å². The Balaban J connectivity index is 2.39. The van der Waals surface area contributed by atoms with Crippen LogP contribution in [0.3, 0.4) is 0 Å². The van der Waals surface area contributed by atoms with Gasteiger partial charge < -0.3 is 10.6 Å². The third kappa shape index (κ3) is 2.96. The molecule has 0 aromatic heterocycles. The van der Waals surface area contributed by atoms with Crippen LogP contribution in [0, 0.1) is 5.82 Å². The Kier molecular flexibility index (Phi) is 4.35. The zero-order valence-corrected chi connectivity index (χ0v) is 11.3. The molecule has 0 bridgehead atoms. The summed E-state index contributed by atoms with van der Waals surface area (Å²) in [5.74, 6) is -0.863. The largest absolute Gasteiger partial charge is 0.399 e. The first-order valence-electron chi connectivity index (χ1n) is 6.55. The SMILES string of the molecule is CCCN(C(=O)c1ccccc1F)c1cccc(N)c1. The second kappa shape index (κ2) is 6.19. The second-order valence-corrected chi connectivity index (χ2v) is 4.53. The lowest BCUT2D eigenvalue weighted by molar-refractivity contribution is 0.0983. The maximum Gasteiger partial charge on any atom is 0.261 e. The standard InChI is InChI=1S/C16H17FN2O/c1-2-10-19(13-7-5-6-12(18)11-13)16(20)14-8-3-4-9-15(14)17/h3-9,11H,2,10,18H2,1H3. The maximum absolute atomic E-state index is 13.8. The highest BCUT2D eigenvalue weighted by Gasteiger charge is 2.19. The Morgan fingerprint density at radius 3 is 2.60 bits per heavy atom. The number of halogens is 1. The molecule has 0 aliphatic carbocycles. The van der Waals surface area contributed by atoms with Gasteiger partial charge in [-0.2, -0.15) is 0 Å². The summed E-state index contributed by atoms with van der Waals surface area (Å²) in [5.41, 5.74) is 7.08. The molecule has 0 radical (unpaired) electrons. The molecule has 2 aromatic rings. The van der Waals surface area contributed by atoms with Gasteiger partial charge in [-0.3, -0.25) is 4.79 Å². The van der Waals surface area contributed by atoms with Gasteiger partial charge in [-0.05, 0) is 36.8 Å². The van der Waals surface area contributed by atoms with Crippen molar-refractivity contribution in [2.24, 2.45) is 0 Å². The van der Waals surface area contributed by atoms with Crippen LogP contribution in [0.25, 0.3) is 0 Å². The van der Waals surface area contributed by atoms with Crippen molar-refractivity contribution in [1.82, 2.24) is 0 Å². The van der Waals surface area contributed by atoms with E-state index >= 15 is 0 Å². The normalized spacial score (nSPS) is 10.3. The number of carbonyl (C=O) groups is 1. The third-order valence-corrected chi connectivity index (χ3v) is 2.98. The van der Waals surface area contributed by atoms with Crippen LogP contribution >= 0.6 is 0 Å². The zero-order valence-electron chi connectivity index (χ0n) is 11.3. The Labute approximate surface area is 117 Å². The second-order valence-electron chi connectivity index (χ2n) is 4.53. The summed E-state index contributed by atoms with van der Waals surface area (Å²) in [6, 6.07) is 13.0. The number of carbonyl (C=O) groups excluding carboxylic acids is 1. The highest BCUT2D eigenvalue weighted by molar-refractivity contribution is 6.06. The van der Waals surface area contributed by atoms with Gasteiger partial charge in [0.05, 0.1) is 5.56 Å². The van der Waals surface area contributed by atoms with E-state index in [2.05, 4.69) is 0 Å². The first-order valence-corrected chi connectivity index (χ1v) is 6.55. The van der Waals surface area contributed by atoms with Crippen LogP contribution in [-0.4, -0.2) is 12.5 Å². The van der Waals surface area contributed by atoms with Crippen molar-refractivity contribution in [3.05, 3.63) is 59.9 Å². The van der Waals surface area contributed by atoms with Crippen molar-refractivity contribution in [2.45, 2.75) is 13.3 Å². The topological polar surface area (TPSA) is 46.3 Å². The van der Waals surface area contributed by atoms with Crippen LogP contribution in [0.1, 0.15) is 23.7 Å².